The van der Waals surface area contributed by atoms with Gasteiger partial charge in [0.2, 0.25) is 0 Å². The second-order valence-electron chi connectivity index (χ2n) is 8.99. The molecule has 1 aliphatic carbocycles. The highest BCUT2D eigenvalue weighted by atomic mass is 19.1. The van der Waals surface area contributed by atoms with E-state index in [9.17, 15) is 14.0 Å². The number of hydrogen-bond acceptors (Lipinski definition) is 8. The minimum atomic E-state index is -0.845. The standard InChI is InChI=1S/C26H26FN7O3/c27-19-11-18(23(29)35)24(34-25(19)33-21-4-2-1-3-20(21)28)31-16-10-17(13-30-12-16)32-26(36)15-5-6-22-14(9-15)7-8-37-22/h5-13,20-21H,1-4,28H2,(H2,29,35)(H,32,36)(H2,31,33,34)/t20-,21+/m0/s1. The third kappa shape index (κ3) is 5.36. The summed E-state index contributed by atoms with van der Waals surface area (Å²) in [5, 5.41) is 9.64. The zero-order valence-corrected chi connectivity index (χ0v) is 19.8. The zero-order chi connectivity index (χ0) is 25.9. The molecule has 3 heterocycles. The van der Waals surface area contributed by atoms with Gasteiger partial charge in [0.05, 0.1) is 35.6 Å². The SMILES string of the molecule is NC(=O)c1cc(F)c(N[C@@H]2CCCC[C@@H]2N)nc1Nc1cncc(NC(=O)c2ccc3occc3c2)c1. The Hall–Kier alpha value is -4.51. The van der Waals surface area contributed by atoms with Gasteiger partial charge < -0.3 is 31.8 Å². The lowest BCUT2D eigenvalue weighted by atomic mass is 9.91. The van der Waals surface area contributed by atoms with Gasteiger partial charge in [-0.2, -0.15) is 0 Å². The van der Waals surface area contributed by atoms with Crippen LogP contribution in [-0.4, -0.2) is 33.9 Å². The maximum atomic E-state index is 14.8. The predicted molar refractivity (Wildman–Crippen MR) is 138 cm³/mol. The number of furan rings is 1. The van der Waals surface area contributed by atoms with Gasteiger partial charge in [-0.15, -0.1) is 0 Å². The summed E-state index contributed by atoms with van der Waals surface area (Å²) in [6.45, 7) is 0. The highest BCUT2D eigenvalue weighted by Gasteiger charge is 2.24. The Balaban J connectivity index is 1.36. The second kappa shape index (κ2) is 10.2. The van der Waals surface area contributed by atoms with Gasteiger partial charge in [-0.25, -0.2) is 9.37 Å². The van der Waals surface area contributed by atoms with Crippen LogP contribution in [0, 0.1) is 5.82 Å². The van der Waals surface area contributed by atoms with E-state index in [1.54, 1.807) is 36.6 Å². The van der Waals surface area contributed by atoms with Crippen LogP contribution in [0.1, 0.15) is 46.4 Å². The van der Waals surface area contributed by atoms with Gasteiger partial charge in [0.25, 0.3) is 11.8 Å². The number of nitrogens with two attached hydrogens (primary N) is 2. The number of nitrogens with one attached hydrogen (secondary N) is 3. The van der Waals surface area contributed by atoms with E-state index < -0.39 is 11.7 Å². The molecule has 0 spiro atoms. The minimum absolute atomic E-state index is 0.0260. The zero-order valence-electron chi connectivity index (χ0n) is 19.8. The molecule has 5 rings (SSSR count). The topological polar surface area (TPSA) is 161 Å². The Kier molecular flexibility index (Phi) is 6.69. The van der Waals surface area contributed by atoms with Crippen LogP contribution in [-0.2, 0) is 0 Å². The van der Waals surface area contributed by atoms with E-state index in [1.807, 2.05) is 0 Å². The summed E-state index contributed by atoms with van der Waals surface area (Å²) in [4.78, 5) is 33.2. The van der Waals surface area contributed by atoms with Crippen molar-refractivity contribution in [3.63, 3.8) is 0 Å². The number of halogens is 1. The van der Waals surface area contributed by atoms with Crippen molar-refractivity contribution in [2.24, 2.45) is 11.5 Å². The van der Waals surface area contributed by atoms with Crippen LogP contribution >= 0.6 is 0 Å². The average Bonchev–Trinajstić information content (AvgIpc) is 3.35. The lowest BCUT2D eigenvalue weighted by Gasteiger charge is -2.30. The highest BCUT2D eigenvalue weighted by Crippen LogP contribution is 2.27. The molecule has 2 atom stereocenters. The van der Waals surface area contributed by atoms with Crippen molar-refractivity contribution in [2.45, 2.75) is 37.8 Å². The van der Waals surface area contributed by atoms with Gasteiger partial charge in [0.1, 0.15) is 11.4 Å². The Bertz CT molecular complexity index is 1470. The second-order valence-corrected chi connectivity index (χ2v) is 8.99. The summed E-state index contributed by atoms with van der Waals surface area (Å²) in [7, 11) is 0. The number of carbonyl (C=O) groups excluding carboxylic acids is 2. The molecule has 2 amide bonds. The monoisotopic (exact) mass is 503 g/mol. The molecule has 0 bridgehead atoms. The van der Waals surface area contributed by atoms with Crippen LogP contribution in [0.5, 0.6) is 0 Å². The maximum Gasteiger partial charge on any atom is 0.255 e. The lowest BCUT2D eigenvalue weighted by Crippen LogP contribution is -2.43. The molecule has 1 aromatic carbocycles. The highest BCUT2D eigenvalue weighted by molar-refractivity contribution is 6.06. The molecule has 1 aliphatic rings. The van der Waals surface area contributed by atoms with Crippen LogP contribution in [0.2, 0.25) is 0 Å². The van der Waals surface area contributed by atoms with Gasteiger partial charge in [0.15, 0.2) is 11.6 Å². The molecule has 1 saturated carbocycles. The van der Waals surface area contributed by atoms with Gasteiger partial charge in [-0.1, -0.05) is 12.8 Å². The lowest BCUT2D eigenvalue weighted by molar-refractivity contribution is 0.0997. The summed E-state index contributed by atoms with van der Waals surface area (Å²) < 4.78 is 20.1. The molecule has 0 aliphatic heterocycles. The number of anilines is 4. The fourth-order valence-electron chi connectivity index (χ4n) is 4.41. The van der Waals surface area contributed by atoms with Crippen LogP contribution in [0.15, 0.2) is 59.5 Å². The fourth-order valence-corrected chi connectivity index (χ4v) is 4.41. The van der Waals surface area contributed by atoms with Crippen LogP contribution in [0.3, 0.4) is 0 Å². The third-order valence-corrected chi connectivity index (χ3v) is 6.36. The Morgan fingerprint density at radius 2 is 1.84 bits per heavy atom. The Morgan fingerprint density at radius 3 is 2.65 bits per heavy atom. The molecular weight excluding hydrogens is 477 g/mol. The van der Waals surface area contributed by atoms with E-state index in [2.05, 4.69) is 25.9 Å². The first kappa shape index (κ1) is 24.2. The number of primary amides is 1. The molecule has 7 N–H and O–H groups in total. The van der Waals surface area contributed by atoms with Crippen molar-refractivity contribution in [3.05, 3.63) is 72.0 Å². The third-order valence-electron chi connectivity index (χ3n) is 6.36. The van der Waals surface area contributed by atoms with E-state index in [4.69, 9.17) is 15.9 Å². The van der Waals surface area contributed by atoms with E-state index in [0.29, 0.717) is 22.5 Å². The first-order chi connectivity index (χ1) is 17.9. The molecule has 10 nitrogen and oxygen atoms in total. The van der Waals surface area contributed by atoms with Crippen molar-refractivity contribution in [3.8, 4) is 0 Å². The molecule has 0 radical (unpaired) electrons. The minimum Gasteiger partial charge on any atom is -0.464 e. The van der Waals surface area contributed by atoms with Gasteiger partial charge in [-0.3, -0.25) is 14.6 Å². The average molecular weight is 504 g/mol. The molecule has 0 saturated heterocycles. The number of pyridine rings is 2. The van der Waals surface area contributed by atoms with Crippen molar-refractivity contribution >= 4 is 45.8 Å². The van der Waals surface area contributed by atoms with Gasteiger partial charge in [0, 0.05) is 23.0 Å². The summed E-state index contributed by atoms with van der Waals surface area (Å²) in [5.74, 6) is -1.86. The molecule has 11 heteroatoms. The summed E-state index contributed by atoms with van der Waals surface area (Å²) >= 11 is 0. The molecule has 190 valence electrons. The number of fused-ring (bicyclic) bond motifs is 1. The number of nitrogens with zero attached hydrogens (tertiary/aromatic N) is 2. The first-order valence-electron chi connectivity index (χ1n) is 11.9. The van der Waals surface area contributed by atoms with E-state index in [0.717, 1.165) is 37.1 Å². The van der Waals surface area contributed by atoms with E-state index in [-0.39, 0.29) is 35.2 Å². The molecule has 4 aromatic rings. The number of benzene rings is 1. The number of amides is 2. The number of rotatable bonds is 7. The van der Waals surface area contributed by atoms with Gasteiger partial charge in [-0.05, 0) is 49.2 Å². The van der Waals surface area contributed by atoms with Crippen LogP contribution in [0.4, 0.5) is 27.4 Å². The quantitative estimate of drug-likeness (QED) is 0.251. The Morgan fingerprint density at radius 1 is 1.03 bits per heavy atom. The van der Waals surface area contributed by atoms with E-state index in [1.165, 1.54) is 12.4 Å². The maximum absolute atomic E-state index is 14.8. The van der Waals surface area contributed by atoms with Crippen molar-refractivity contribution in [2.75, 3.05) is 16.0 Å². The summed E-state index contributed by atoms with van der Waals surface area (Å²) in [6.07, 6.45) is 8.15. The normalized spacial score (nSPS) is 17.4. The van der Waals surface area contributed by atoms with Gasteiger partial charge >= 0.3 is 0 Å². The molecule has 1 fully saturated rings. The number of hydrogen-bond donors (Lipinski definition) is 5. The van der Waals surface area contributed by atoms with Crippen molar-refractivity contribution < 1.29 is 18.4 Å². The molecular formula is C26H26FN7O3. The van der Waals surface area contributed by atoms with Crippen molar-refractivity contribution in [1.82, 2.24) is 9.97 Å². The Labute approximate surface area is 211 Å². The largest absolute Gasteiger partial charge is 0.464 e. The smallest absolute Gasteiger partial charge is 0.255 e. The van der Waals surface area contributed by atoms with E-state index >= 15 is 0 Å². The molecule has 37 heavy (non-hydrogen) atoms. The summed E-state index contributed by atoms with van der Waals surface area (Å²) in [6, 6.07) is 9.27. The van der Waals surface area contributed by atoms with Crippen LogP contribution in [0.25, 0.3) is 11.0 Å². The number of carbonyl (C=O) groups is 2. The first-order valence-corrected chi connectivity index (χ1v) is 11.9. The molecule has 0 unspecified atom stereocenters. The number of aromatic nitrogens is 2. The molecule has 3 aromatic heterocycles. The summed E-state index contributed by atoms with van der Waals surface area (Å²) in [5.41, 5.74) is 13.5. The fraction of sp³-hybridized carbons (Fsp3) is 0.231. The predicted octanol–water partition coefficient (Wildman–Crippen LogP) is 4.14. The van der Waals surface area contributed by atoms with Crippen molar-refractivity contribution in [1.29, 1.82) is 0 Å². The van der Waals surface area contributed by atoms with Crippen LogP contribution < -0.4 is 27.4 Å².